The van der Waals surface area contributed by atoms with Gasteiger partial charge < -0.3 is 11.1 Å². The van der Waals surface area contributed by atoms with Gasteiger partial charge in [-0.15, -0.1) is 0 Å². The number of hydrogen-bond donors (Lipinski definition) is 2. The molecule has 8 nitrogen and oxygen atoms in total. The van der Waals surface area contributed by atoms with Crippen molar-refractivity contribution in [1.82, 2.24) is 5.32 Å². The summed E-state index contributed by atoms with van der Waals surface area (Å²) in [6.45, 7) is 10.7. The maximum absolute atomic E-state index is 13.2. The predicted molar refractivity (Wildman–Crippen MR) is 157 cm³/mol. The van der Waals surface area contributed by atoms with E-state index in [2.05, 4.69) is 5.32 Å². The molecule has 8 heteroatoms. The first kappa shape index (κ1) is 33.3. The fraction of sp³-hybridized carbons (Fsp3) is 0.455. The quantitative estimate of drug-likeness (QED) is 0.241. The van der Waals surface area contributed by atoms with E-state index in [9.17, 15) is 28.8 Å². The van der Waals surface area contributed by atoms with Crippen molar-refractivity contribution in [2.75, 3.05) is 0 Å². The zero-order chi connectivity index (χ0) is 30.9. The van der Waals surface area contributed by atoms with Crippen LogP contribution in [0.5, 0.6) is 0 Å². The summed E-state index contributed by atoms with van der Waals surface area (Å²) >= 11 is 0. The summed E-state index contributed by atoms with van der Waals surface area (Å²) in [6.07, 6.45) is 0.0964. The molecule has 220 valence electrons. The normalized spacial score (nSPS) is 13.6. The lowest BCUT2D eigenvalue weighted by Crippen LogP contribution is -2.46. The Balaban J connectivity index is 2.02. The Morgan fingerprint density at radius 3 is 1.90 bits per heavy atom. The highest BCUT2D eigenvalue weighted by molar-refractivity contribution is 6.38. The Labute approximate surface area is 242 Å². The molecule has 41 heavy (non-hydrogen) atoms. The van der Waals surface area contributed by atoms with Gasteiger partial charge in [-0.3, -0.25) is 28.8 Å². The summed E-state index contributed by atoms with van der Waals surface area (Å²) in [4.78, 5) is 76.2. The third-order valence-electron chi connectivity index (χ3n) is 7.41. The second-order valence-electron chi connectivity index (χ2n) is 12.0. The van der Waals surface area contributed by atoms with Crippen LogP contribution in [0.3, 0.4) is 0 Å². The molecule has 3 atom stereocenters. The second kappa shape index (κ2) is 14.6. The molecule has 0 saturated heterocycles. The lowest BCUT2D eigenvalue weighted by molar-refractivity contribution is -0.141. The number of amides is 2. The highest BCUT2D eigenvalue weighted by atomic mass is 16.2. The van der Waals surface area contributed by atoms with E-state index >= 15 is 0 Å². The van der Waals surface area contributed by atoms with Gasteiger partial charge in [0.05, 0.1) is 12.0 Å². The molecule has 0 aliphatic heterocycles. The minimum absolute atomic E-state index is 0.00682. The molecule has 2 rings (SSSR count). The standard InChI is InChI=1S/C33H42N2O6/c1-20(2)25(30(39)27(36)17-14-22-12-15-24(16-13-22)31(34)40)18-28(37)21(3)35-32(41)26(33(4,5)6)19-29(38)23-10-8-7-9-11-23/h7-13,15-16,20-21,25-26H,14,17-19H2,1-6H3,(H2,34,40)(H,35,41)/t21-,25-,26+/m0/s1. The first-order chi connectivity index (χ1) is 19.1. The molecule has 2 amide bonds. The Hall–Kier alpha value is -3.94. The van der Waals surface area contributed by atoms with Crippen LogP contribution in [0.25, 0.3) is 0 Å². The van der Waals surface area contributed by atoms with E-state index in [1.54, 1.807) is 69.3 Å². The predicted octanol–water partition coefficient (Wildman–Crippen LogP) is 4.53. The third kappa shape index (κ3) is 9.88. The Kier molecular flexibility index (Phi) is 11.9. The van der Waals surface area contributed by atoms with E-state index in [0.29, 0.717) is 17.5 Å². The van der Waals surface area contributed by atoms with Crippen LogP contribution in [0.15, 0.2) is 54.6 Å². The topological polar surface area (TPSA) is 140 Å². The van der Waals surface area contributed by atoms with E-state index < -0.39 is 46.7 Å². The summed E-state index contributed by atoms with van der Waals surface area (Å²) in [5.41, 5.74) is 6.36. The van der Waals surface area contributed by atoms with Crippen molar-refractivity contribution >= 4 is 34.9 Å². The number of Topliss-reactive ketones (excluding diaryl/α,β-unsaturated/α-hetero) is 4. The van der Waals surface area contributed by atoms with Crippen molar-refractivity contribution in [1.29, 1.82) is 0 Å². The zero-order valence-electron chi connectivity index (χ0n) is 24.9. The number of nitrogens with one attached hydrogen (secondary N) is 1. The molecule has 0 radical (unpaired) electrons. The highest BCUT2D eigenvalue weighted by Gasteiger charge is 2.36. The van der Waals surface area contributed by atoms with E-state index in [1.807, 2.05) is 26.8 Å². The number of aryl methyl sites for hydroxylation is 1. The van der Waals surface area contributed by atoms with E-state index in [1.165, 1.54) is 0 Å². The van der Waals surface area contributed by atoms with Crippen molar-refractivity contribution in [2.24, 2.45) is 28.9 Å². The van der Waals surface area contributed by atoms with Crippen LogP contribution >= 0.6 is 0 Å². The molecule has 0 aliphatic rings. The lowest BCUT2D eigenvalue weighted by Gasteiger charge is -2.30. The van der Waals surface area contributed by atoms with Crippen molar-refractivity contribution in [3.63, 3.8) is 0 Å². The fourth-order valence-corrected chi connectivity index (χ4v) is 4.56. The van der Waals surface area contributed by atoms with E-state index in [-0.39, 0.29) is 36.7 Å². The lowest BCUT2D eigenvalue weighted by atomic mass is 9.76. The fourth-order valence-electron chi connectivity index (χ4n) is 4.56. The number of primary amides is 1. The van der Waals surface area contributed by atoms with Crippen molar-refractivity contribution in [3.05, 3.63) is 71.3 Å². The monoisotopic (exact) mass is 562 g/mol. The molecule has 0 heterocycles. The van der Waals surface area contributed by atoms with Crippen molar-refractivity contribution in [3.8, 4) is 0 Å². The second-order valence-corrected chi connectivity index (χ2v) is 12.0. The molecule has 2 aromatic carbocycles. The molecular formula is C33H42N2O6. The summed E-state index contributed by atoms with van der Waals surface area (Å²) in [6, 6.07) is 14.4. The van der Waals surface area contributed by atoms with Crippen LogP contribution in [0.4, 0.5) is 0 Å². The zero-order valence-corrected chi connectivity index (χ0v) is 24.9. The summed E-state index contributed by atoms with van der Waals surface area (Å²) in [5.74, 6) is -4.41. The minimum Gasteiger partial charge on any atom is -0.366 e. The number of hydrogen-bond acceptors (Lipinski definition) is 6. The van der Waals surface area contributed by atoms with Gasteiger partial charge in [-0.2, -0.15) is 0 Å². The number of nitrogens with two attached hydrogens (primary N) is 1. The first-order valence-corrected chi connectivity index (χ1v) is 14.0. The molecule has 0 spiro atoms. The third-order valence-corrected chi connectivity index (χ3v) is 7.41. The van der Waals surface area contributed by atoms with Gasteiger partial charge in [-0.1, -0.05) is 77.1 Å². The maximum Gasteiger partial charge on any atom is 0.248 e. The maximum atomic E-state index is 13.2. The smallest absolute Gasteiger partial charge is 0.248 e. The van der Waals surface area contributed by atoms with Crippen LogP contribution in [0.2, 0.25) is 0 Å². The Bertz CT molecular complexity index is 1260. The first-order valence-electron chi connectivity index (χ1n) is 14.0. The van der Waals surface area contributed by atoms with Crippen molar-refractivity contribution in [2.45, 2.75) is 73.3 Å². The molecule has 2 aromatic rings. The SMILES string of the molecule is CC(C)[C@H](CC(=O)[C@H](C)NC(=O)[C@@H](CC(=O)c1ccccc1)C(C)(C)C)C(=O)C(=O)CCc1ccc(C(N)=O)cc1. The van der Waals surface area contributed by atoms with Gasteiger partial charge in [0.15, 0.2) is 17.3 Å². The van der Waals surface area contributed by atoms with Crippen LogP contribution in [-0.2, 0) is 25.6 Å². The Morgan fingerprint density at radius 1 is 0.805 bits per heavy atom. The number of benzene rings is 2. The average molecular weight is 563 g/mol. The van der Waals surface area contributed by atoms with Crippen LogP contribution in [0, 0.1) is 23.2 Å². The minimum atomic E-state index is -0.896. The number of ketones is 4. The highest BCUT2D eigenvalue weighted by Crippen LogP contribution is 2.30. The van der Waals surface area contributed by atoms with Crippen LogP contribution in [-0.4, -0.2) is 41.0 Å². The summed E-state index contributed by atoms with van der Waals surface area (Å²) in [5, 5.41) is 2.74. The van der Waals surface area contributed by atoms with Gasteiger partial charge in [0.1, 0.15) is 0 Å². The molecule has 0 bridgehead atoms. The largest absolute Gasteiger partial charge is 0.366 e. The van der Waals surface area contributed by atoms with Crippen LogP contribution < -0.4 is 11.1 Å². The molecule has 0 saturated carbocycles. The van der Waals surface area contributed by atoms with Gasteiger partial charge in [0.2, 0.25) is 17.6 Å². The molecule has 0 aromatic heterocycles. The molecule has 0 fully saturated rings. The summed E-state index contributed by atoms with van der Waals surface area (Å²) < 4.78 is 0. The van der Waals surface area contributed by atoms with Gasteiger partial charge in [-0.05, 0) is 42.4 Å². The van der Waals surface area contributed by atoms with Gasteiger partial charge in [0, 0.05) is 36.3 Å². The number of rotatable bonds is 15. The molecule has 3 N–H and O–H groups in total. The van der Waals surface area contributed by atoms with Gasteiger partial charge in [-0.25, -0.2) is 0 Å². The van der Waals surface area contributed by atoms with Crippen LogP contribution in [0.1, 0.15) is 87.1 Å². The van der Waals surface area contributed by atoms with Gasteiger partial charge in [0.25, 0.3) is 0 Å². The van der Waals surface area contributed by atoms with Crippen molar-refractivity contribution < 1.29 is 28.8 Å². The molecular weight excluding hydrogens is 520 g/mol. The summed E-state index contributed by atoms with van der Waals surface area (Å²) in [7, 11) is 0. The van der Waals surface area contributed by atoms with E-state index in [4.69, 9.17) is 5.73 Å². The number of carbonyl (C=O) groups is 6. The average Bonchev–Trinajstić information content (AvgIpc) is 2.92. The van der Waals surface area contributed by atoms with E-state index in [0.717, 1.165) is 5.56 Å². The molecule has 0 aliphatic carbocycles. The number of carbonyl (C=O) groups excluding carboxylic acids is 6. The Morgan fingerprint density at radius 2 is 1.39 bits per heavy atom. The van der Waals surface area contributed by atoms with Gasteiger partial charge >= 0.3 is 0 Å². The molecule has 0 unspecified atom stereocenters.